The summed E-state index contributed by atoms with van der Waals surface area (Å²) >= 11 is 0. The maximum atomic E-state index is 11.6. The van der Waals surface area contributed by atoms with Crippen molar-refractivity contribution in [3.05, 3.63) is 104 Å². The van der Waals surface area contributed by atoms with Gasteiger partial charge in [-0.05, 0) is 36.4 Å². The third kappa shape index (κ3) is 4.99. The number of rotatable bonds is 7. The van der Waals surface area contributed by atoms with Crippen LogP contribution in [0.5, 0.6) is 11.5 Å². The molecule has 0 amide bonds. The van der Waals surface area contributed by atoms with Crippen molar-refractivity contribution in [1.82, 2.24) is 0 Å². The van der Waals surface area contributed by atoms with Crippen LogP contribution >= 0.6 is 0 Å². The molecule has 5 nitrogen and oxygen atoms in total. The Labute approximate surface area is 169 Å². The minimum Gasteiger partial charge on any atom is -0.423 e. The van der Waals surface area contributed by atoms with Crippen LogP contribution in [0.3, 0.4) is 0 Å². The third-order valence-electron chi connectivity index (χ3n) is 3.94. The summed E-state index contributed by atoms with van der Waals surface area (Å²) in [5, 5.41) is 0. The summed E-state index contributed by atoms with van der Waals surface area (Å²) in [7, 11) is 0. The molecule has 0 spiro atoms. The van der Waals surface area contributed by atoms with Crippen molar-refractivity contribution in [2.75, 3.05) is 4.90 Å². The molecule has 0 aliphatic carbocycles. The van der Waals surface area contributed by atoms with E-state index in [1.165, 1.54) is 0 Å². The number of carbonyl (C=O) groups excluding carboxylic acids is 2. The summed E-state index contributed by atoms with van der Waals surface area (Å²) in [6.45, 7) is 6.83. The topological polar surface area (TPSA) is 55.8 Å². The average Bonchev–Trinajstić information content (AvgIpc) is 2.75. The molecule has 0 aliphatic rings. The molecule has 0 N–H and O–H groups in total. The molecule has 0 aromatic heterocycles. The first-order chi connectivity index (χ1) is 14.1. The van der Waals surface area contributed by atoms with Crippen molar-refractivity contribution < 1.29 is 19.1 Å². The van der Waals surface area contributed by atoms with Crippen LogP contribution in [0.2, 0.25) is 0 Å². The predicted octanol–water partition coefficient (Wildman–Crippen LogP) is 5.34. The lowest BCUT2D eigenvalue weighted by atomic mass is 10.2. The van der Waals surface area contributed by atoms with Crippen LogP contribution in [0.1, 0.15) is 0 Å². The quantitative estimate of drug-likeness (QED) is 0.312. The van der Waals surface area contributed by atoms with E-state index in [1.807, 2.05) is 47.4 Å². The van der Waals surface area contributed by atoms with Crippen LogP contribution in [0, 0.1) is 0 Å². The number of ether oxygens (including phenoxy) is 2. The Balaban J connectivity index is 2.05. The van der Waals surface area contributed by atoms with Crippen LogP contribution in [-0.4, -0.2) is 11.9 Å². The normalized spacial score (nSPS) is 9.93. The first kappa shape index (κ1) is 19.6. The van der Waals surface area contributed by atoms with Gasteiger partial charge in [-0.15, -0.1) is 0 Å². The number of anilines is 3. The lowest BCUT2D eigenvalue weighted by Crippen LogP contribution is -2.11. The fourth-order valence-electron chi connectivity index (χ4n) is 2.71. The van der Waals surface area contributed by atoms with Gasteiger partial charge < -0.3 is 14.4 Å². The molecular formula is C24H19NO4. The Hall–Kier alpha value is -4.12. The molecule has 0 saturated heterocycles. The Morgan fingerprint density at radius 1 is 0.655 bits per heavy atom. The Morgan fingerprint density at radius 2 is 1.10 bits per heavy atom. The van der Waals surface area contributed by atoms with Crippen molar-refractivity contribution in [2.24, 2.45) is 0 Å². The van der Waals surface area contributed by atoms with Crippen LogP contribution in [0.25, 0.3) is 0 Å². The van der Waals surface area contributed by atoms with Crippen molar-refractivity contribution >= 4 is 29.0 Å². The highest BCUT2D eigenvalue weighted by molar-refractivity contribution is 5.85. The number of carbonyl (C=O) groups is 2. The van der Waals surface area contributed by atoms with Gasteiger partial charge in [0.2, 0.25) is 0 Å². The average molecular weight is 385 g/mol. The van der Waals surface area contributed by atoms with Crippen molar-refractivity contribution in [2.45, 2.75) is 0 Å². The Kier molecular flexibility index (Phi) is 6.22. The first-order valence-electron chi connectivity index (χ1n) is 8.84. The monoisotopic (exact) mass is 385 g/mol. The highest BCUT2D eigenvalue weighted by atomic mass is 16.5. The third-order valence-corrected chi connectivity index (χ3v) is 3.94. The maximum Gasteiger partial charge on any atom is 0.335 e. The van der Waals surface area contributed by atoms with E-state index >= 15 is 0 Å². The van der Waals surface area contributed by atoms with E-state index in [1.54, 1.807) is 36.4 Å². The van der Waals surface area contributed by atoms with E-state index in [0.717, 1.165) is 29.2 Å². The number of hydrogen-bond donors (Lipinski definition) is 0. The summed E-state index contributed by atoms with van der Waals surface area (Å²) in [4.78, 5) is 25.1. The zero-order valence-electron chi connectivity index (χ0n) is 15.7. The van der Waals surface area contributed by atoms with Gasteiger partial charge in [-0.1, -0.05) is 43.5 Å². The van der Waals surface area contributed by atoms with Gasteiger partial charge in [0.25, 0.3) is 0 Å². The van der Waals surface area contributed by atoms with Gasteiger partial charge in [-0.25, -0.2) is 9.59 Å². The SMILES string of the molecule is C=CC(=O)Oc1cccc(N(c2ccccc2)c2cccc(OC(=O)C=C)c2)c1. The van der Waals surface area contributed by atoms with Crippen molar-refractivity contribution in [3.63, 3.8) is 0 Å². The molecule has 0 atom stereocenters. The maximum absolute atomic E-state index is 11.6. The Bertz CT molecular complexity index is 978. The second kappa shape index (κ2) is 9.19. The summed E-state index contributed by atoms with van der Waals surface area (Å²) in [6, 6.07) is 23.9. The Morgan fingerprint density at radius 3 is 1.55 bits per heavy atom. The number of benzene rings is 3. The van der Waals surface area contributed by atoms with E-state index in [9.17, 15) is 9.59 Å². The molecule has 3 rings (SSSR count). The van der Waals surface area contributed by atoms with Crippen molar-refractivity contribution in [1.29, 1.82) is 0 Å². The molecule has 29 heavy (non-hydrogen) atoms. The van der Waals surface area contributed by atoms with E-state index in [-0.39, 0.29) is 0 Å². The standard InChI is InChI=1S/C24H19NO4/c1-3-23(26)28-21-14-8-12-19(16-21)25(18-10-6-5-7-11-18)20-13-9-15-22(17-20)29-24(27)4-2/h3-17H,1-2H2. The minimum absolute atomic E-state index is 0.391. The molecule has 144 valence electrons. The highest BCUT2D eigenvalue weighted by Crippen LogP contribution is 2.37. The zero-order chi connectivity index (χ0) is 20.6. The molecule has 0 heterocycles. The van der Waals surface area contributed by atoms with Crippen molar-refractivity contribution in [3.8, 4) is 11.5 Å². The van der Waals surface area contributed by atoms with Gasteiger partial charge in [0.15, 0.2) is 0 Å². The highest BCUT2D eigenvalue weighted by Gasteiger charge is 2.14. The summed E-state index contributed by atoms with van der Waals surface area (Å²) in [5.41, 5.74) is 2.41. The number of nitrogens with zero attached hydrogens (tertiary/aromatic N) is 1. The minimum atomic E-state index is -0.535. The molecule has 3 aromatic rings. The summed E-state index contributed by atoms with van der Waals surface area (Å²) < 4.78 is 10.5. The second-order valence-corrected chi connectivity index (χ2v) is 5.92. The fraction of sp³-hybridized carbons (Fsp3) is 0. The molecule has 0 aliphatic heterocycles. The molecule has 0 saturated carbocycles. The van der Waals surface area contributed by atoms with E-state index < -0.39 is 11.9 Å². The molecular weight excluding hydrogens is 366 g/mol. The number of esters is 2. The van der Waals surface area contributed by atoms with Crippen LogP contribution in [-0.2, 0) is 9.59 Å². The van der Waals surface area contributed by atoms with Gasteiger partial charge in [0.05, 0.1) is 0 Å². The van der Waals surface area contributed by atoms with E-state index in [2.05, 4.69) is 13.2 Å². The molecule has 3 aromatic carbocycles. The number of para-hydroxylation sites is 1. The largest absolute Gasteiger partial charge is 0.423 e. The van der Waals surface area contributed by atoms with Gasteiger partial charge in [-0.3, -0.25) is 0 Å². The number of hydrogen-bond acceptors (Lipinski definition) is 5. The van der Waals surface area contributed by atoms with E-state index in [0.29, 0.717) is 11.5 Å². The molecule has 0 fully saturated rings. The zero-order valence-corrected chi connectivity index (χ0v) is 15.7. The van der Waals surface area contributed by atoms with Crippen LogP contribution < -0.4 is 14.4 Å². The summed E-state index contributed by atoms with van der Waals surface area (Å²) in [6.07, 6.45) is 2.22. The lowest BCUT2D eigenvalue weighted by Gasteiger charge is -2.26. The second-order valence-electron chi connectivity index (χ2n) is 5.92. The molecule has 5 heteroatoms. The first-order valence-corrected chi connectivity index (χ1v) is 8.84. The molecule has 0 radical (unpaired) electrons. The van der Waals surface area contributed by atoms with Gasteiger partial charge in [0.1, 0.15) is 11.5 Å². The summed E-state index contributed by atoms with van der Waals surface area (Å²) in [5.74, 6) is -0.288. The van der Waals surface area contributed by atoms with Gasteiger partial charge in [-0.2, -0.15) is 0 Å². The van der Waals surface area contributed by atoms with Gasteiger partial charge in [0, 0.05) is 41.3 Å². The van der Waals surface area contributed by atoms with Gasteiger partial charge >= 0.3 is 11.9 Å². The smallest absolute Gasteiger partial charge is 0.335 e. The van der Waals surface area contributed by atoms with E-state index in [4.69, 9.17) is 9.47 Å². The van der Waals surface area contributed by atoms with Crippen LogP contribution in [0.4, 0.5) is 17.1 Å². The fourth-order valence-corrected chi connectivity index (χ4v) is 2.71. The molecule has 0 unspecified atom stereocenters. The lowest BCUT2D eigenvalue weighted by molar-refractivity contribution is -0.129. The predicted molar refractivity (Wildman–Crippen MR) is 113 cm³/mol. The van der Waals surface area contributed by atoms with Crippen LogP contribution in [0.15, 0.2) is 104 Å². The molecule has 0 bridgehead atoms.